The van der Waals surface area contributed by atoms with Crippen LogP contribution in [0.1, 0.15) is 5.56 Å². The topological polar surface area (TPSA) is 48.1 Å². The second-order valence-corrected chi connectivity index (χ2v) is 5.07. The lowest BCUT2D eigenvalue weighted by molar-refractivity contribution is 0.449. The lowest BCUT2D eigenvalue weighted by Gasteiger charge is -2.11. The van der Waals surface area contributed by atoms with Crippen molar-refractivity contribution in [2.45, 2.75) is 6.42 Å². The Hall–Kier alpha value is -1.17. The fourth-order valence-electron chi connectivity index (χ4n) is 1.55. The first-order valence-corrected chi connectivity index (χ1v) is 6.75. The van der Waals surface area contributed by atoms with Crippen LogP contribution in [0.3, 0.4) is 0 Å². The molecule has 0 aliphatic carbocycles. The van der Waals surface area contributed by atoms with E-state index in [2.05, 4.69) is 20.9 Å². The van der Waals surface area contributed by atoms with Crippen molar-refractivity contribution in [2.75, 3.05) is 6.54 Å². The summed E-state index contributed by atoms with van der Waals surface area (Å²) < 4.78 is 19.6. The molecular weight excluding hydrogens is 335 g/mol. The minimum absolute atomic E-state index is 0.0300. The van der Waals surface area contributed by atoms with E-state index in [1.165, 1.54) is 12.1 Å². The summed E-state index contributed by atoms with van der Waals surface area (Å²) >= 11 is 8.95. The van der Waals surface area contributed by atoms with Crippen molar-refractivity contribution in [1.29, 1.82) is 0 Å². The van der Waals surface area contributed by atoms with Gasteiger partial charge in [-0.15, -0.1) is 0 Å². The van der Waals surface area contributed by atoms with Gasteiger partial charge in [0, 0.05) is 17.8 Å². The predicted octanol–water partition coefficient (Wildman–Crippen LogP) is 3.93. The molecule has 3 nitrogen and oxygen atoms in total. The second kappa shape index (κ2) is 6.32. The number of rotatable bonds is 4. The largest absolute Gasteiger partial charge is 0.437 e. The van der Waals surface area contributed by atoms with Crippen LogP contribution in [0.2, 0.25) is 5.02 Å². The summed E-state index contributed by atoms with van der Waals surface area (Å²) in [7, 11) is 0. The molecule has 0 aliphatic rings. The number of nitrogens with two attached hydrogens (primary N) is 1. The summed E-state index contributed by atoms with van der Waals surface area (Å²) in [5.41, 5.74) is 6.39. The van der Waals surface area contributed by atoms with Gasteiger partial charge in [-0.05, 0) is 41.0 Å². The van der Waals surface area contributed by atoms with Crippen LogP contribution in [0.5, 0.6) is 11.6 Å². The van der Waals surface area contributed by atoms with E-state index in [1.807, 2.05) is 6.07 Å². The highest BCUT2D eigenvalue weighted by atomic mass is 79.9. The molecule has 100 valence electrons. The Morgan fingerprint density at radius 2 is 2.21 bits per heavy atom. The fourth-order valence-corrected chi connectivity index (χ4v) is 2.27. The molecule has 6 heteroatoms. The van der Waals surface area contributed by atoms with Gasteiger partial charge in [0.15, 0.2) is 0 Å². The number of aromatic nitrogens is 1. The molecule has 0 saturated carbocycles. The van der Waals surface area contributed by atoms with E-state index < -0.39 is 5.82 Å². The molecule has 0 atom stereocenters. The van der Waals surface area contributed by atoms with Crippen LogP contribution in [-0.4, -0.2) is 11.5 Å². The highest BCUT2D eigenvalue weighted by molar-refractivity contribution is 9.10. The van der Waals surface area contributed by atoms with E-state index in [0.29, 0.717) is 29.1 Å². The molecule has 1 heterocycles. The quantitative estimate of drug-likeness (QED) is 0.854. The molecule has 0 aliphatic heterocycles. The Labute approximate surface area is 123 Å². The first-order chi connectivity index (χ1) is 9.11. The number of benzene rings is 1. The molecule has 0 fully saturated rings. The molecular formula is C13H11BrClFN2O. The van der Waals surface area contributed by atoms with Crippen molar-refractivity contribution < 1.29 is 9.13 Å². The Kier molecular flexibility index (Phi) is 4.74. The lowest BCUT2D eigenvalue weighted by Crippen LogP contribution is -2.05. The molecule has 1 aromatic carbocycles. The van der Waals surface area contributed by atoms with Gasteiger partial charge in [0.05, 0.1) is 9.50 Å². The normalized spacial score (nSPS) is 10.5. The van der Waals surface area contributed by atoms with Crippen LogP contribution < -0.4 is 10.5 Å². The molecule has 2 N–H and O–H groups in total. The van der Waals surface area contributed by atoms with Crippen LogP contribution in [0.4, 0.5) is 4.39 Å². The predicted molar refractivity (Wildman–Crippen MR) is 76.2 cm³/mol. The summed E-state index contributed by atoms with van der Waals surface area (Å²) in [6.45, 7) is 0.484. The van der Waals surface area contributed by atoms with Crippen LogP contribution in [0, 0.1) is 5.82 Å². The molecule has 0 spiro atoms. The molecule has 0 amide bonds. The Bertz CT molecular complexity index is 595. The second-order valence-electron chi connectivity index (χ2n) is 3.81. The van der Waals surface area contributed by atoms with Gasteiger partial charge in [0.25, 0.3) is 0 Å². The Morgan fingerprint density at radius 1 is 1.42 bits per heavy atom. The van der Waals surface area contributed by atoms with Crippen LogP contribution in [0.15, 0.2) is 34.9 Å². The number of hydrogen-bond donors (Lipinski definition) is 1. The van der Waals surface area contributed by atoms with Gasteiger partial charge >= 0.3 is 0 Å². The zero-order valence-electron chi connectivity index (χ0n) is 9.87. The molecule has 1 aromatic heterocycles. The van der Waals surface area contributed by atoms with Crippen molar-refractivity contribution in [2.24, 2.45) is 5.73 Å². The highest BCUT2D eigenvalue weighted by Gasteiger charge is 2.11. The zero-order valence-corrected chi connectivity index (χ0v) is 12.2. The number of hydrogen-bond acceptors (Lipinski definition) is 3. The minimum Gasteiger partial charge on any atom is -0.437 e. The Balaban J connectivity index is 2.33. The summed E-state index contributed by atoms with van der Waals surface area (Å²) in [6, 6.07) is 6.33. The van der Waals surface area contributed by atoms with E-state index in [-0.39, 0.29) is 5.02 Å². The van der Waals surface area contributed by atoms with E-state index in [1.54, 1.807) is 12.3 Å². The summed E-state index contributed by atoms with van der Waals surface area (Å²) in [6.07, 6.45) is 2.24. The minimum atomic E-state index is -0.545. The molecule has 0 unspecified atom stereocenters. The van der Waals surface area contributed by atoms with Gasteiger partial charge < -0.3 is 10.5 Å². The van der Waals surface area contributed by atoms with Gasteiger partial charge in [-0.1, -0.05) is 17.7 Å². The van der Waals surface area contributed by atoms with Gasteiger partial charge in [-0.25, -0.2) is 9.37 Å². The first-order valence-electron chi connectivity index (χ1n) is 5.58. The summed E-state index contributed by atoms with van der Waals surface area (Å²) in [5.74, 6) is 0.186. The smallest absolute Gasteiger partial charge is 0.222 e. The van der Waals surface area contributed by atoms with E-state index in [0.717, 1.165) is 5.56 Å². The van der Waals surface area contributed by atoms with Crippen LogP contribution in [-0.2, 0) is 6.42 Å². The molecule has 0 bridgehead atoms. The molecule has 19 heavy (non-hydrogen) atoms. The molecule has 0 radical (unpaired) electrons. The standard InChI is InChI=1S/C13H11BrClFN2O/c14-9-6-10(15)11(16)7-12(9)19-13-8(3-4-17)2-1-5-18-13/h1-2,5-7H,3-4,17H2. The van der Waals surface area contributed by atoms with Crippen molar-refractivity contribution >= 4 is 27.5 Å². The van der Waals surface area contributed by atoms with Gasteiger partial charge in [-0.2, -0.15) is 0 Å². The monoisotopic (exact) mass is 344 g/mol. The average Bonchev–Trinajstić information content (AvgIpc) is 2.38. The van der Waals surface area contributed by atoms with Crippen LogP contribution in [0.25, 0.3) is 0 Å². The SMILES string of the molecule is NCCc1cccnc1Oc1cc(F)c(Cl)cc1Br. The zero-order chi connectivity index (χ0) is 13.8. The van der Waals surface area contributed by atoms with Gasteiger partial charge in [0.1, 0.15) is 11.6 Å². The van der Waals surface area contributed by atoms with Gasteiger partial charge in [-0.3, -0.25) is 0 Å². The van der Waals surface area contributed by atoms with Gasteiger partial charge in [0.2, 0.25) is 5.88 Å². The lowest BCUT2D eigenvalue weighted by atomic mass is 10.2. The number of pyridine rings is 1. The average molecular weight is 346 g/mol. The third-order valence-electron chi connectivity index (χ3n) is 2.45. The van der Waals surface area contributed by atoms with E-state index in [4.69, 9.17) is 22.1 Å². The maximum absolute atomic E-state index is 13.4. The van der Waals surface area contributed by atoms with Crippen molar-refractivity contribution in [1.82, 2.24) is 4.98 Å². The summed E-state index contributed by atoms with van der Waals surface area (Å²) in [5, 5.41) is 0.0300. The first kappa shape index (κ1) is 14.2. The molecule has 0 saturated heterocycles. The molecule has 2 rings (SSSR count). The van der Waals surface area contributed by atoms with Crippen molar-refractivity contribution in [3.05, 3.63) is 51.3 Å². The number of nitrogens with zero attached hydrogens (tertiary/aromatic N) is 1. The highest BCUT2D eigenvalue weighted by Crippen LogP contribution is 2.34. The number of halogens is 3. The fraction of sp³-hybridized carbons (Fsp3) is 0.154. The maximum Gasteiger partial charge on any atom is 0.222 e. The van der Waals surface area contributed by atoms with Crippen molar-refractivity contribution in [3.63, 3.8) is 0 Å². The number of ether oxygens (including phenoxy) is 1. The van der Waals surface area contributed by atoms with Crippen LogP contribution >= 0.6 is 27.5 Å². The third kappa shape index (κ3) is 3.43. The molecule has 2 aromatic rings. The summed E-state index contributed by atoms with van der Waals surface area (Å²) in [4.78, 5) is 4.13. The Morgan fingerprint density at radius 3 is 2.95 bits per heavy atom. The third-order valence-corrected chi connectivity index (χ3v) is 3.35. The van der Waals surface area contributed by atoms with Crippen molar-refractivity contribution in [3.8, 4) is 11.6 Å². The maximum atomic E-state index is 13.4. The van der Waals surface area contributed by atoms with E-state index >= 15 is 0 Å². The van der Waals surface area contributed by atoms with E-state index in [9.17, 15) is 4.39 Å².